The fourth-order valence-electron chi connectivity index (χ4n) is 5.87. The van der Waals surface area contributed by atoms with Crippen LogP contribution in [0.2, 0.25) is 0 Å². The number of primary amides is 1. The lowest BCUT2D eigenvalue weighted by atomic mass is 9.80. The summed E-state index contributed by atoms with van der Waals surface area (Å²) in [5.74, 6) is -1.38. The summed E-state index contributed by atoms with van der Waals surface area (Å²) >= 11 is 0. The van der Waals surface area contributed by atoms with Crippen LogP contribution in [-0.2, 0) is 28.7 Å². The Bertz CT molecular complexity index is 1290. The number of likely N-dealkylation sites (N-methyl/N-ethyl adjacent to an activating group) is 1. The van der Waals surface area contributed by atoms with Crippen molar-refractivity contribution in [2.45, 2.75) is 124 Å². The molecular formula is C37H59N5O7. The molecule has 2 aliphatic rings. The van der Waals surface area contributed by atoms with E-state index in [0.29, 0.717) is 24.5 Å². The summed E-state index contributed by atoms with van der Waals surface area (Å²) in [7, 11) is 1.93. The van der Waals surface area contributed by atoms with E-state index in [-0.39, 0.29) is 11.9 Å². The summed E-state index contributed by atoms with van der Waals surface area (Å²) < 4.78 is 5.57. The molecule has 0 aromatic heterocycles. The fraction of sp³-hybridized carbons (Fsp3) is 0.676. The largest absolute Gasteiger partial charge is 0.456 e. The molecule has 4 amide bonds. The van der Waals surface area contributed by atoms with Gasteiger partial charge in [0.2, 0.25) is 11.7 Å². The topological polar surface area (TPSA) is 177 Å². The van der Waals surface area contributed by atoms with E-state index in [4.69, 9.17) is 10.5 Å². The number of ether oxygens (including phenoxy) is 1. The lowest BCUT2D eigenvalue weighted by Crippen LogP contribution is -2.56. The third-order valence-corrected chi connectivity index (χ3v) is 9.48. The molecular weight excluding hydrogens is 626 g/mol. The molecule has 274 valence electrons. The molecule has 49 heavy (non-hydrogen) atoms. The summed E-state index contributed by atoms with van der Waals surface area (Å²) in [6.45, 7) is 15.9. The van der Waals surface area contributed by atoms with Crippen LogP contribution in [0.4, 0.5) is 4.79 Å². The van der Waals surface area contributed by atoms with Gasteiger partial charge in [0.15, 0.2) is 0 Å². The molecule has 1 saturated carbocycles. The minimum atomic E-state index is -0.962. The molecule has 1 heterocycles. The van der Waals surface area contributed by atoms with Crippen LogP contribution in [0, 0.1) is 22.7 Å². The van der Waals surface area contributed by atoms with Crippen molar-refractivity contribution >= 4 is 35.9 Å². The van der Waals surface area contributed by atoms with Gasteiger partial charge in [0.25, 0.3) is 5.91 Å². The van der Waals surface area contributed by atoms with Gasteiger partial charge in [-0.05, 0) is 55.0 Å². The maximum absolute atomic E-state index is 12.7. The number of amides is 4. The van der Waals surface area contributed by atoms with Crippen LogP contribution in [0.1, 0.15) is 106 Å². The second kappa shape index (κ2) is 18.3. The van der Waals surface area contributed by atoms with Crippen molar-refractivity contribution < 1.29 is 33.5 Å². The predicted molar refractivity (Wildman–Crippen MR) is 188 cm³/mol. The Kier molecular flexibility index (Phi) is 15.4. The van der Waals surface area contributed by atoms with Crippen molar-refractivity contribution in [2.75, 3.05) is 13.6 Å². The summed E-state index contributed by atoms with van der Waals surface area (Å²) in [4.78, 5) is 74.1. The van der Waals surface area contributed by atoms with Gasteiger partial charge in [-0.1, -0.05) is 104 Å². The lowest BCUT2D eigenvalue weighted by Gasteiger charge is -2.32. The number of aldehydes is 1. The summed E-state index contributed by atoms with van der Waals surface area (Å²) in [6, 6.07) is 6.31. The zero-order valence-electron chi connectivity index (χ0n) is 30.8. The van der Waals surface area contributed by atoms with E-state index in [2.05, 4.69) is 22.9 Å². The maximum Gasteiger partial charge on any atom is 0.329 e. The van der Waals surface area contributed by atoms with Gasteiger partial charge in [-0.2, -0.15) is 0 Å². The van der Waals surface area contributed by atoms with Crippen molar-refractivity contribution in [1.29, 1.82) is 0 Å². The zero-order valence-corrected chi connectivity index (χ0v) is 30.8. The molecule has 12 heteroatoms. The minimum Gasteiger partial charge on any atom is -0.456 e. The number of carbonyl (C=O) groups is 6. The highest BCUT2D eigenvalue weighted by Crippen LogP contribution is 2.31. The number of nitrogens with two attached hydrogens (primary N) is 1. The second-order valence-corrected chi connectivity index (χ2v) is 15.7. The molecule has 4 unspecified atom stereocenters. The number of benzene rings is 1. The number of esters is 1. The monoisotopic (exact) mass is 685 g/mol. The molecule has 1 aliphatic heterocycles. The van der Waals surface area contributed by atoms with Crippen LogP contribution >= 0.6 is 0 Å². The molecule has 0 bridgehead atoms. The van der Waals surface area contributed by atoms with E-state index < -0.39 is 58.8 Å². The normalized spacial score (nSPS) is 20.6. The average Bonchev–Trinajstić information content (AvgIpc) is 3.39. The van der Waals surface area contributed by atoms with Crippen LogP contribution in [-0.4, -0.2) is 78.5 Å². The summed E-state index contributed by atoms with van der Waals surface area (Å²) in [6.07, 6.45) is 5.90. The van der Waals surface area contributed by atoms with Crippen LogP contribution in [0.3, 0.4) is 0 Å². The minimum absolute atomic E-state index is 0.155. The number of Topliss-reactive ketones (excluding diaryl/α,β-unsaturated/α-hetero) is 1. The Labute approximate surface area is 292 Å². The van der Waals surface area contributed by atoms with Gasteiger partial charge in [-0.25, -0.2) is 9.59 Å². The van der Waals surface area contributed by atoms with Gasteiger partial charge < -0.3 is 31.2 Å². The molecule has 12 nitrogen and oxygen atoms in total. The third kappa shape index (κ3) is 12.9. The quantitative estimate of drug-likeness (QED) is 0.136. The molecule has 0 radical (unpaired) electrons. The van der Waals surface area contributed by atoms with E-state index in [1.807, 2.05) is 83.8 Å². The van der Waals surface area contributed by atoms with Crippen molar-refractivity contribution in [2.24, 2.45) is 28.4 Å². The van der Waals surface area contributed by atoms with Gasteiger partial charge in [0, 0.05) is 6.54 Å². The Hall–Kier alpha value is -3.80. The van der Waals surface area contributed by atoms with Gasteiger partial charge in [-0.3, -0.25) is 19.3 Å². The van der Waals surface area contributed by atoms with Crippen LogP contribution in [0.25, 0.3) is 0 Å². The summed E-state index contributed by atoms with van der Waals surface area (Å²) in [5, 5.41) is 8.07. The highest BCUT2D eigenvalue weighted by Gasteiger charge is 2.38. The van der Waals surface area contributed by atoms with Crippen LogP contribution < -0.4 is 21.7 Å². The van der Waals surface area contributed by atoms with E-state index in [1.54, 1.807) is 6.92 Å². The first-order valence-corrected chi connectivity index (χ1v) is 17.4. The Morgan fingerprint density at radius 1 is 0.959 bits per heavy atom. The van der Waals surface area contributed by atoms with Crippen molar-refractivity contribution in [1.82, 2.24) is 20.9 Å². The van der Waals surface area contributed by atoms with E-state index in [1.165, 1.54) is 0 Å². The first-order chi connectivity index (χ1) is 22.8. The molecule has 0 spiro atoms. The van der Waals surface area contributed by atoms with Crippen molar-refractivity contribution in [3.05, 3.63) is 35.9 Å². The SMILES string of the molecule is CC[C@@H]1CC(C(=O)NC(CC2CCC2)C(=O)C(N)=O)N(C)C1.C[C@H](OC(=O)C(NC(=O)NC(C=O)C(C)(C)C)C(C)(C)C)c1ccccc1. The predicted octanol–water partition coefficient (Wildman–Crippen LogP) is 4.06. The number of hydrogen-bond acceptors (Lipinski definition) is 8. The van der Waals surface area contributed by atoms with Gasteiger partial charge in [0.05, 0.1) is 18.1 Å². The molecule has 1 aromatic carbocycles. The van der Waals surface area contributed by atoms with Crippen LogP contribution in [0.15, 0.2) is 30.3 Å². The number of ketones is 1. The van der Waals surface area contributed by atoms with Crippen molar-refractivity contribution in [3.63, 3.8) is 0 Å². The van der Waals surface area contributed by atoms with Gasteiger partial charge >= 0.3 is 12.0 Å². The second-order valence-electron chi connectivity index (χ2n) is 15.7. The molecule has 1 aromatic rings. The standard InChI is InChI=1S/C21H32N2O4.C16H27N3O3/c1-14(15-11-9-8-10-12-15)27-18(25)17(21(5,6)7)23-19(26)22-16(13-24)20(2,3)4;1-3-10-8-13(19(2)9-10)16(22)18-12(14(20)15(17)21)7-11-5-4-6-11/h8-14,16-17H,1-7H3,(H2,22,23,26);10-13H,3-9H2,1-2H3,(H2,17,21)(H,18,22)/t14-,16?,17?;10-,12?,13?/m01/s1. The average molecular weight is 686 g/mol. The molecule has 2 fully saturated rings. The number of urea groups is 1. The third-order valence-electron chi connectivity index (χ3n) is 9.48. The zero-order chi connectivity index (χ0) is 37.1. The molecule has 3 rings (SSSR count). The smallest absolute Gasteiger partial charge is 0.329 e. The molecule has 6 atom stereocenters. The first kappa shape index (κ1) is 41.4. The highest BCUT2D eigenvalue weighted by atomic mass is 16.5. The first-order valence-electron chi connectivity index (χ1n) is 17.4. The highest BCUT2D eigenvalue weighted by molar-refractivity contribution is 6.37. The van der Waals surface area contributed by atoms with E-state index >= 15 is 0 Å². The Morgan fingerprint density at radius 2 is 1.57 bits per heavy atom. The number of nitrogens with zero attached hydrogens (tertiary/aromatic N) is 1. The molecule has 1 aliphatic carbocycles. The van der Waals surface area contributed by atoms with Crippen molar-refractivity contribution in [3.8, 4) is 0 Å². The van der Waals surface area contributed by atoms with E-state index in [0.717, 1.165) is 44.2 Å². The van der Waals surface area contributed by atoms with Crippen LogP contribution in [0.5, 0.6) is 0 Å². The number of rotatable bonds is 13. The molecule has 1 saturated heterocycles. The molecule has 5 N–H and O–H groups in total. The fourth-order valence-corrected chi connectivity index (χ4v) is 5.87. The maximum atomic E-state index is 12.7. The lowest BCUT2D eigenvalue weighted by molar-refractivity contribution is -0.153. The Balaban J connectivity index is 0.000000347. The summed E-state index contributed by atoms with van der Waals surface area (Å²) in [5.41, 5.74) is 5.00. The number of likely N-dealkylation sites (tertiary alicyclic amines) is 1. The number of carbonyl (C=O) groups excluding carboxylic acids is 6. The van der Waals surface area contributed by atoms with Gasteiger partial charge in [0.1, 0.15) is 18.4 Å². The number of hydrogen-bond donors (Lipinski definition) is 4. The van der Waals surface area contributed by atoms with E-state index in [9.17, 15) is 28.8 Å². The van der Waals surface area contributed by atoms with Gasteiger partial charge in [-0.15, -0.1) is 0 Å². The Morgan fingerprint density at radius 3 is 2.02 bits per heavy atom. The number of nitrogens with one attached hydrogen (secondary N) is 3.